The summed E-state index contributed by atoms with van der Waals surface area (Å²) in [5.41, 5.74) is 2.22. The zero-order chi connectivity index (χ0) is 13.1. The van der Waals surface area contributed by atoms with E-state index in [1.807, 2.05) is 48.7 Å². The molecule has 2 N–H and O–H groups in total. The van der Waals surface area contributed by atoms with Gasteiger partial charge in [-0.05, 0) is 30.3 Å². The van der Waals surface area contributed by atoms with Crippen LogP contribution in [0.5, 0.6) is 11.6 Å². The highest BCUT2D eigenvalue weighted by atomic mass is 16.5. The summed E-state index contributed by atoms with van der Waals surface area (Å²) in [4.78, 5) is 17.3. The number of aromatic amines is 2. The fourth-order valence-electron chi connectivity index (χ4n) is 1.87. The van der Waals surface area contributed by atoms with E-state index in [9.17, 15) is 4.79 Å². The van der Waals surface area contributed by atoms with Crippen molar-refractivity contribution in [2.75, 3.05) is 0 Å². The highest BCUT2D eigenvalue weighted by molar-refractivity contribution is 5.82. The van der Waals surface area contributed by atoms with Gasteiger partial charge in [-0.2, -0.15) is 0 Å². The Bertz CT molecular complexity index is 670. The minimum atomic E-state index is 0.450. The first-order chi connectivity index (χ1) is 9.36. The fourth-order valence-corrected chi connectivity index (χ4v) is 1.87. The van der Waals surface area contributed by atoms with Gasteiger partial charge in [-0.3, -0.25) is 4.79 Å². The summed E-state index contributed by atoms with van der Waals surface area (Å²) in [6, 6.07) is 14.9. The highest BCUT2D eigenvalue weighted by Gasteiger charge is 2.11. The lowest BCUT2D eigenvalue weighted by Gasteiger charge is -2.03. The van der Waals surface area contributed by atoms with E-state index in [4.69, 9.17) is 4.74 Å². The lowest BCUT2D eigenvalue weighted by molar-refractivity contribution is 0.112. The van der Waals surface area contributed by atoms with Gasteiger partial charge in [0, 0.05) is 6.20 Å². The van der Waals surface area contributed by atoms with Crippen LogP contribution in [0.25, 0.3) is 11.4 Å². The number of hydrogen-bond acceptors (Lipinski definition) is 2. The van der Waals surface area contributed by atoms with Crippen molar-refractivity contribution in [1.82, 2.24) is 9.97 Å². The molecule has 19 heavy (non-hydrogen) atoms. The maximum Gasteiger partial charge on any atom is 0.208 e. The molecule has 0 aliphatic rings. The third kappa shape index (κ3) is 2.28. The van der Waals surface area contributed by atoms with E-state index in [1.54, 1.807) is 6.07 Å². The molecule has 4 heteroatoms. The zero-order valence-electron chi connectivity index (χ0n) is 10.1. The van der Waals surface area contributed by atoms with Crippen LogP contribution in [-0.2, 0) is 0 Å². The number of nitrogens with one attached hydrogen (secondary N) is 2. The number of rotatable bonds is 4. The Kier molecular flexibility index (Phi) is 2.90. The van der Waals surface area contributed by atoms with Crippen molar-refractivity contribution in [2.45, 2.75) is 0 Å². The lowest BCUT2D eigenvalue weighted by Crippen LogP contribution is -1.87. The Morgan fingerprint density at radius 1 is 1.00 bits per heavy atom. The van der Waals surface area contributed by atoms with Crippen LogP contribution in [-0.4, -0.2) is 16.3 Å². The summed E-state index contributed by atoms with van der Waals surface area (Å²) >= 11 is 0. The molecule has 0 aliphatic heterocycles. The van der Waals surface area contributed by atoms with Gasteiger partial charge in [-0.1, -0.05) is 18.2 Å². The summed E-state index contributed by atoms with van der Waals surface area (Å²) < 4.78 is 5.68. The molecule has 1 aromatic carbocycles. The number of ether oxygens (including phenoxy) is 1. The molecule has 2 aromatic heterocycles. The molecule has 0 saturated heterocycles. The van der Waals surface area contributed by atoms with E-state index in [2.05, 4.69) is 9.97 Å². The maximum atomic E-state index is 11.1. The molecule has 0 atom stereocenters. The van der Waals surface area contributed by atoms with Crippen molar-refractivity contribution in [2.24, 2.45) is 0 Å². The Hall–Kier alpha value is -2.75. The second-order valence-corrected chi connectivity index (χ2v) is 4.08. The van der Waals surface area contributed by atoms with Crippen LogP contribution in [0.1, 0.15) is 10.4 Å². The number of para-hydroxylation sites is 1. The predicted molar refractivity (Wildman–Crippen MR) is 72.5 cm³/mol. The molecule has 0 aliphatic carbocycles. The Morgan fingerprint density at radius 3 is 2.53 bits per heavy atom. The van der Waals surface area contributed by atoms with Crippen LogP contribution in [0.2, 0.25) is 0 Å². The van der Waals surface area contributed by atoms with E-state index in [0.29, 0.717) is 17.2 Å². The molecular formula is C15H12N2O2. The molecule has 0 radical (unpaired) electrons. The van der Waals surface area contributed by atoms with Crippen molar-refractivity contribution in [3.05, 3.63) is 60.3 Å². The normalized spacial score (nSPS) is 10.3. The van der Waals surface area contributed by atoms with Crippen LogP contribution < -0.4 is 4.74 Å². The molecule has 2 heterocycles. The maximum absolute atomic E-state index is 11.1. The number of carbonyl (C=O) groups excluding carboxylic acids is 1. The minimum Gasteiger partial charge on any atom is -0.440 e. The Balaban J connectivity index is 1.95. The van der Waals surface area contributed by atoms with E-state index in [1.165, 1.54) is 0 Å². The largest absolute Gasteiger partial charge is 0.440 e. The van der Waals surface area contributed by atoms with Crippen molar-refractivity contribution >= 4 is 6.29 Å². The summed E-state index contributed by atoms with van der Waals surface area (Å²) in [7, 11) is 0. The molecule has 0 amide bonds. The molecule has 4 nitrogen and oxygen atoms in total. The number of benzene rings is 1. The number of hydrogen-bond donors (Lipinski definition) is 2. The van der Waals surface area contributed by atoms with Gasteiger partial charge in [0.05, 0.1) is 17.0 Å². The molecule has 94 valence electrons. The lowest BCUT2D eigenvalue weighted by atomic mass is 10.3. The number of carbonyl (C=O) groups is 1. The summed E-state index contributed by atoms with van der Waals surface area (Å²) in [6.45, 7) is 0. The highest BCUT2D eigenvalue weighted by Crippen LogP contribution is 2.28. The molecule has 3 rings (SSSR count). The average Bonchev–Trinajstić information content (AvgIpc) is 3.08. The first kappa shape index (κ1) is 11.3. The molecule has 0 fully saturated rings. The first-order valence-electron chi connectivity index (χ1n) is 5.91. The molecule has 0 unspecified atom stereocenters. The van der Waals surface area contributed by atoms with Crippen LogP contribution in [0.15, 0.2) is 54.7 Å². The number of H-pyrrole nitrogens is 2. The third-order valence-electron chi connectivity index (χ3n) is 2.79. The predicted octanol–water partition coefficient (Wildman–Crippen LogP) is 3.61. The van der Waals surface area contributed by atoms with E-state index in [-0.39, 0.29) is 0 Å². The van der Waals surface area contributed by atoms with Gasteiger partial charge in [0.1, 0.15) is 5.75 Å². The molecule has 3 aromatic rings. The average molecular weight is 252 g/mol. The van der Waals surface area contributed by atoms with Gasteiger partial charge in [0.2, 0.25) is 5.88 Å². The second-order valence-electron chi connectivity index (χ2n) is 4.08. The smallest absolute Gasteiger partial charge is 0.208 e. The van der Waals surface area contributed by atoms with E-state index in [0.717, 1.165) is 17.7 Å². The molecule has 0 saturated carbocycles. The summed E-state index contributed by atoms with van der Waals surface area (Å²) in [5.74, 6) is 1.14. The minimum absolute atomic E-state index is 0.450. The fraction of sp³-hybridized carbons (Fsp3) is 0. The summed E-state index contributed by atoms with van der Waals surface area (Å²) in [5, 5.41) is 0. The summed E-state index contributed by atoms with van der Waals surface area (Å²) in [6.07, 6.45) is 2.61. The van der Waals surface area contributed by atoms with Crippen molar-refractivity contribution < 1.29 is 9.53 Å². The zero-order valence-corrected chi connectivity index (χ0v) is 10.1. The quantitative estimate of drug-likeness (QED) is 0.697. The molecular weight excluding hydrogens is 240 g/mol. The van der Waals surface area contributed by atoms with Gasteiger partial charge in [0.25, 0.3) is 0 Å². The van der Waals surface area contributed by atoms with Crippen molar-refractivity contribution in [3.8, 4) is 23.0 Å². The first-order valence-corrected chi connectivity index (χ1v) is 5.91. The monoisotopic (exact) mass is 252 g/mol. The Morgan fingerprint density at radius 2 is 1.84 bits per heavy atom. The van der Waals surface area contributed by atoms with Gasteiger partial charge >= 0.3 is 0 Å². The van der Waals surface area contributed by atoms with Crippen LogP contribution in [0.4, 0.5) is 0 Å². The standard InChI is InChI=1S/C15H12N2O2/c18-10-11-9-14(13-7-4-8-16-13)17-15(11)19-12-5-2-1-3-6-12/h1-10,16-17H. The SMILES string of the molecule is O=Cc1cc(-c2ccc[nH]2)[nH]c1Oc1ccccc1. The van der Waals surface area contributed by atoms with Gasteiger partial charge in [0.15, 0.2) is 6.29 Å². The van der Waals surface area contributed by atoms with Crippen LogP contribution in [0.3, 0.4) is 0 Å². The second kappa shape index (κ2) is 4.86. The number of aldehydes is 1. The van der Waals surface area contributed by atoms with Crippen molar-refractivity contribution in [3.63, 3.8) is 0 Å². The number of aromatic nitrogens is 2. The van der Waals surface area contributed by atoms with Crippen LogP contribution >= 0.6 is 0 Å². The third-order valence-corrected chi connectivity index (χ3v) is 2.79. The van der Waals surface area contributed by atoms with E-state index < -0.39 is 0 Å². The van der Waals surface area contributed by atoms with Gasteiger partial charge in [-0.25, -0.2) is 0 Å². The Labute approximate surface area is 110 Å². The van der Waals surface area contributed by atoms with Crippen LogP contribution in [0, 0.1) is 0 Å². The molecule has 0 spiro atoms. The van der Waals surface area contributed by atoms with E-state index >= 15 is 0 Å². The topological polar surface area (TPSA) is 57.9 Å². The van der Waals surface area contributed by atoms with Gasteiger partial charge < -0.3 is 14.7 Å². The van der Waals surface area contributed by atoms with Crippen molar-refractivity contribution in [1.29, 1.82) is 0 Å². The molecule has 0 bridgehead atoms. The van der Waals surface area contributed by atoms with Gasteiger partial charge in [-0.15, -0.1) is 0 Å².